The molecule has 1 aromatic carbocycles. The van der Waals surface area contributed by atoms with E-state index < -0.39 is 0 Å². The van der Waals surface area contributed by atoms with Gasteiger partial charge in [-0.2, -0.15) is 0 Å². The number of rotatable bonds is 5. The fourth-order valence-corrected chi connectivity index (χ4v) is 1.26. The Kier molecular flexibility index (Phi) is 4.39. The normalized spacial score (nSPS) is 12.5. The fourth-order valence-electron chi connectivity index (χ4n) is 1.26. The van der Waals surface area contributed by atoms with Crippen molar-refractivity contribution >= 4 is 6.29 Å². The average Bonchev–Trinajstić information content (AvgIpc) is 2.25. The first-order chi connectivity index (χ1) is 7.19. The van der Waals surface area contributed by atoms with Crippen molar-refractivity contribution in [2.24, 2.45) is 0 Å². The highest BCUT2D eigenvalue weighted by atomic mass is 19.1. The Bertz CT molecular complexity index is 339. The van der Waals surface area contributed by atoms with Gasteiger partial charge >= 0.3 is 0 Å². The molecule has 0 saturated carbocycles. The molecule has 1 atom stereocenters. The molecule has 0 spiro atoms. The molecule has 15 heavy (non-hydrogen) atoms. The van der Waals surface area contributed by atoms with E-state index in [-0.39, 0.29) is 18.7 Å². The SMILES string of the molecule is COCO[C@@H](C)c1cc(F)ccc1C=O. The van der Waals surface area contributed by atoms with E-state index in [9.17, 15) is 9.18 Å². The zero-order valence-corrected chi connectivity index (χ0v) is 8.70. The molecule has 0 amide bonds. The van der Waals surface area contributed by atoms with E-state index in [2.05, 4.69) is 0 Å². The van der Waals surface area contributed by atoms with Crippen LogP contribution in [0.15, 0.2) is 18.2 Å². The minimum Gasteiger partial charge on any atom is -0.359 e. The highest BCUT2D eigenvalue weighted by Gasteiger charge is 2.11. The third kappa shape index (κ3) is 3.11. The smallest absolute Gasteiger partial charge is 0.150 e. The summed E-state index contributed by atoms with van der Waals surface area (Å²) in [5, 5.41) is 0. The van der Waals surface area contributed by atoms with Crippen molar-refractivity contribution in [1.29, 1.82) is 0 Å². The van der Waals surface area contributed by atoms with Crippen molar-refractivity contribution in [2.45, 2.75) is 13.0 Å². The summed E-state index contributed by atoms with van der Waals surface area (Å²) in [5.74, 6) is -0.386. The lowest BCUT2D eigenvalue weighted by molar-refractivity contribution is -0.0668. The maximum atomic E-state index is 13.0. The van der Waals surface area contributed by atoms with Crippen molar-refractivity contribution in [3.05, 3.63) is 35.1 Å². The first-order valence-corrected chi connectivity index (χ1v) is 4.54. The van der Waals surface area contributed by atoms with Crippen molar-refractivity contribution in [3.63, 3.8) is 0 Å². The fraction of sp³-hybridized carbons (Fsp3) is 0.364. The van der Waals surface area contributed by atoms with Crippen LogP contribution in [0.3, 0.4) is 0 Å². The molecule has 0 saturated heterocycles. The Balaban J connectivity index is 2.89. The molecular formula is C11H13FO3. The number of carbonyl (C=O) groups is 1. The number of aldehydes is 1. The van der Waals surface area contributed by atoms with Crippen LogP contribution in [0.4, 0.5) is 4.39 Å². The third-order valence-corrected chi connectivity index (χ3v) is 2.05. The number of benzene rings is 1. The Morgan fingerprint density at radius 3 is 2.87 bits per heavy atom. The first kappa shape index (κ1) is 11.8. The van der Waals surface area contributed by atoms with Crippen molar-refractivity contribution in [2.75, 3.05) is 13.9 Å². The monoisotopic (exact) mass is 212 g/mol. The molecule has 0 aliphatic carbocycles. The van der Waals surface area contributed by atoms with Gasteiger partial charge in [-0.25, -0.2) is 4.39 Å². The summed E-state index contributed by atoms with van der Waals surface area (Å²) >= 11 is 0. The van der Waals surface area contributed by atoms with Crippen LogP contribution in [-0.4, -0.2) is 20.2 Å². The van der Waals surface area contributed by atoms with E-state index in [4.69, 9.17) is 9.47 Å². The number of methoxy groups -OCH3 is 1. The van der Waals surface area contributed by atoms with Crippen molar-refractivity contribution < 1.29 is 18.7 Å². The highest BCUT2D eigenvalue weighted by molar-refractivity contribution is 5.77. The van der Waals surface area contributed by atoms with Gasteiger partial charge in [0.2, 0.25) is 0 Å². The van der Waals surface area contributed by atoms with Gasteiger partial charge in [-0.1, -0.05) is 0 Å². The molecule has 0 aliphatic rings. The predicted molar refractivity (Wildman–Crippen MR) is 53.2 cm³/mol. The molecule has 1 rings (SSSR count). The lowest BCUT2D eigenvalue weighted by Gasteiger charge is -2.14. The Morgan fingerprint density at radius 2 is 2.27 bits per heavy atom. The topological polar surface area (TPSA) is 35.5 Å². The quantitative estimate of drug-likeness (QED) is 0.555. The van der Waals surface area contributed by atoms with E-state index in [0.717, 1.165) is 0 Å². The summed E-state index contributed by atoms with van der Waals surface area (Å²) in [6.07, 6.45) is 0.308. The van der Waals surface area contributed by atoms with Gasteiger partial charge in [0, 0.05) is 12.7 Å². The van der Waals surface area contributed by atoms with E-state index >= 15 is 0 Å². The number of hydrogen-bond acceptors (Lipinski definition) is 3. The number of halogens is 1. The standard InChI is InChI=1S/C11H13FO3/c1-8(15-7-14-2)11-5-10(12)4-3-9(11)6-13/h3-6,8H,7H2,1-2H3/t8-/m0/s1. The lowest BCUT2D eigenvalue weighted by Crippen LogP contribution is -2.06. The molecular weight excluding hydrogens is 199 g/mol. The van der Waals surface area contributed by atoms with E-state index in [1.807, 2.05) is 0 Å². The van der Waals surface area contributed by atoms with Crippen molar-refractivity contribution in [1.82, 2.24) is 0 Å². The summed E-state index contributed by atoms with van der Waals surface area (Å²) in [4.78, 5) is 10.7. The molecule has 0 bridgehead atoms. The number of ether oxygens (including phenoxy) is 2. The number of carbonyl (C=O) groups excluding carboxylic acids is 1. The van der Waals surface area contributed by atoms with E-state index in [1.54, 1.807) is 6.92 Å². The van der Waals surface area contributed by atoms with Crippen LogP contribution in [0, 0.1) is 5.82 Å². The van der Waals surface area contributed by atoms with Crippen LogP contribution in [0.1, 0.15) is 28.9 Å². The van der Waals surface area contributed by atoms with Gasteiger partial charge in [-0.15, -0.1) is 0 Å². The molecule has 1 aromatic rings. The zero-order valence-electron chi connectivity index (χ0n) is 8.70. The van der Waals surface area contributed by atoms with Crippen LogP contribution < -0.4 is 0 Å². The highest BCUT2D eigenvalue weighted by Crippen LogP contribution is 2.21. The Morgan fingerprint density at radius 1 is 1.53 bits per heavy atom. The maximum Gasteiger partial charge on any atom is 0.150 e. The predicted octanol–water partition coefficient (Wildman–Crippen LogP) is 2.32. The van der Waals surface area contributed by atoms with Crippen LogP contribution in [0.25, 0.3) is 0 Å². The van der Waals surface area contributed by atoms with Gasteiger partial charge in [-0.05, 0) is 30.7 Å². The molecule has 82 valence electrons. The molecule has 0 N–H and O–H groups in total. The Labute approximate surface area is 87.8 Å². The molecule has 0 radical (unpaired) electrons. The minimum absolute atomic E-state index is 0.107. The molecule has 4 heteroatoms. The third-order valence-electron chi connectivity index (χ3n) is 2.05. The van der Waals surface area contributed by atoms with Gasteiger partial charge < -0.3 is 9.47 Å². The summed E-state index contributed by atoms with van der Waals surface area (Å²) in [6.45, 7) is 1.84. The summed E-state index contributed by atoms with van der Waals surface area (Å²) in [6, 6.07) is 3.98. The second-order valence-corrected chi connectivity index (χ2v) is 3.11. The molecule has 3 nitrogen and oxygen atoms in total. The number of hydrogen-bond donors (Lipinski definition) is 0. The van der Waals surface area contributed by atoms with Gasteiger partial charge in [0.15, 0.2) is 0 Å². The largest absolute Gasteiger partial charge is 0.359 e. The van der Waals surface area contributed by atoms with E-state index in [0.29, 0.717) is 17.4 Å². The summed E-state index contributed by atoms with van der Waals surface area (Å²) in [7, 11) is 1.50. The van der Waals surface area contributed by atoms with Gasteiger partial charge in [-0.3, -0.25) is 4.79 Å². The average molecular weight is 212 g/mol. The minimum atomic E-state index is -0.386. The van der Waals surface area contributed by atoms with E-state index in [1.165, 1.54) is 25.3 Å². The molecule has 0 aliphatic heterocycles. The van der Waals surface area contributed by atoms with Crippen LogP contribution in [-0.2, 0) is 9.47 Å². The lowest BCUT2D eigenvalue weighted by atomic mass is 10.0. The van der Waals surface area contributed by atoms with Crippen LogP contribution in [0.5, 0.6) is 0 Å². The second kappa shape index (κ2) is 5.58. The molecule has 0 heterocycles. The van der Waals surface area contributed by atoms with Gasteiger partial charge in [0.25, 0.3) is 0 Å². The zero-order chi connectivity index (χ0) is 11.3. The molecule has 0 fully saturated rings. The van der Waals surface area contributed by atoms with Crippen molar-refractivity contribution in [3.8, 4) is 0 Å². The Hall–Kier alpha value is -1.26. The maximum absolute atomic E-state index is 13.0. The second-order valence-electron chi connectivity index (χ2n) is 3.11. The first-order valence-electron chi connectivity index (χ1n) is 4.54. The van der Waals surface area contributed by atoms with Crippen LogP contribution in [0.2, 0.25) is 0 Å². The summed E-state index contributed by atoms with van der Waals surface area (Å²) in [5.41, 5.74) is 0.960. The molecule has 0 aromatic heterocycles. The van der Waals surface area contributed by atoms with Crippen LogP contribution >= 0.6 is 0 Å². The van der Waals surface area contributed by atoms with Gasteiger partial charge in [0.05, 0.1) is 6.10 Å². The molecule has 0 unspecified atom stereocenters. The van der Waals surface area contributed by atoms with Gasteiger partial charge in [0.1, 0.15) is 18.9 Å². The summed E-state index contributed by atoms with van der Waals surface area (Å²) < 4.78 is 22.9.